The highest BCUT2D eigenvalue weighted by molar-refractivity contribution is 5.98. The Bertz CT molecular complexity index is 878. The van der Waals surface area contributed by atoms with Gasteiger partial charge in [-0.1, -0.05) is 13.0 Å². The molecule has 37 heavy (non-hydrogen) atoms. The number of fused-ring (bicyclic) bond motifs is 1. The van der Waals surface area contributed by atoms with E-state index in [0.717, 1.165) is 13.1 Å². The first-order valence-electron chi connectivity index (χ1n) is 13.7. The summed E-state index contributed by atoms with van der Waals surface area (Å²) in [5, 5.41) is 9.35. The van der Waals surface area contributed by atoms with Gasteiger partial charge in [-0.3, -0.25) is 19.3 Å². The van der Waals surface area contributed by atoms with E-state index in [0.29, 0.717) is 58.7 Å². The van der Waals surface area contributed by atoms with Gasteiger partial charge in [0.2, 0.25) is 11.8 Å². The summed E-state index contributed by atoms with van der Waals surface area (Å²) in [6.45, 7) is 14.6. The summed E-state index contributed by atoms with van der Waals surface area (Å²) in [5.41, 5.74) is -1.96. The zero-order valence-corrected chi connectivity index (χ0v) is 22.5. The maximum Gasteiger partial charge on any atom is 0.312 e. The van der Waals surface area contributed by atoms with Gasteiger partial charge in [-0.2, -0.15) is 0 Å². The van der Waals surface area contributed by atoms with Crippen LogP contribution in [0.5, 0.6) is 0 Å². The van der Waals surface area contributed by atoms with Crippen molar-refractivity contribution in [3.05, 3.63) is 12.7 Å². The van der Waals surface area contributed by atoms with Crippen molar-refractivity contribution in [1.82, 2.24) is 14.7 Å². The van der Waals surface area contributed by atoms with Gasteiger partial charge in [-0.05, 0) is 39.0 Å². The van der Waals surface area contributed by atoms with E-state index in [2.05, 4.69) is 11.5 Å². The van der Waals surface area contributed by atoms with Gasteiger partial charge in [0, 0.05) is 45.9 Å². The lowest BCUT2D eigenvalue weighted by Crippen LogP contribution is -2.57. The molecule has 10 heteroatoms. The van der Waals surface area contributed by atoms with Crippen LogP contribution in [-0.4, -0.2) is 121 Å². The number of amides is 2. The van der Waals surface area contributed by atoms with Gasteiger partial charge in [-0.25, -0.2) is 0 Å². The first kappa shape index (κ1) is 28.0. The van der Waals surface area contributed by atoms with Crippen LogP contribution in [0, 0.1) is 17.8 Å². The molecule has 0 aromatic rings. The number of esters is 1. The van der Waals surface area contributed by atoms with Gasteiger partial charge in [0.1, 0.15) is 17.6 Å². The molecule has 4 aliphatic rings. The van der Waals surface area contributed by atoms with E-state index in [4.69, 9.17) is 14.2 Å². The smallest absolute Gasteiger partial charge is 0.312 e. The topological polar surface area (TPSA) is 109 Å². The van der Waals surface area contributed by atoms with Crippen molar-refractivity contribution in [3.8, 4) is 0 Å². The van der Waals surface area contributed by atoms with Crippen molar-refractivity contribution >= 4 is 17.8 Å². The number of rotatable bonds is 12. The molecule has 0 saturated carbocycles. The minimum atomic E-state index is -1.09. The predicted molar refractivity (Wildman–Crippen MR) is 135 cm³/mol. The molecular weight excluding hydrogens is 478 g/mol. The van der Waals surface area contributed by atoms with Crippen molar-refractivity contribution in [2.45, 2.75) is 57.3 Å². The van der Waals surface area contributed by atoms with Crippen LogP contribution in [0.2, 0.25) is 0 Å². The molecule has 4 saturated heterocycles. The SMILES string of the molecule is C=CCN(CCN1CCOCC1)C(=O)C1N(CCCCO)C(=O)[C@@H]2[C@H](C(=O)OCC)[C@@]3(C)OC12CC3C. The highest BCUT2D eigenvalue weighted by Gasteiger charge is 2.80. The van der Waals surface area contributed by atoms with Gasteiger partial charge in [0.25, 0.3) is 0 Å². The number of aliphatic hydroxyl groups is 1. The Kier molecular flexibility index (Phi) is 8.62. The average Bonchev–Trinajstić information content (AvgIpc) is 3.39. The van der Waals surface area contributed by atoms with Crippen LogP contribution < -0.4 is 0 Å². The fourth-order valence-electron chi connectivity index (χ4n) is 6.95. The zero-order valence-electron chi connectivity index (χ0n) is 22.5. The third kappa shape index (κ3) is 4.82. The van der Waals surface area contributed by atoms with Crippen LogP contribution in [0.15, 0.2) is 12.7 Å². The monoisotopic (exact) mass is 521 g/mol. The zero-order chi connectivity index (χ0) is 26.8. The number of hydrogen-bond donors (Lipinski definition) is 1. The van der Waals surface area contributed by atoms with Crippen molar-refractivity contribution in [2.75, 3.05) is 65.7 Å². The Balaban J connectivity index is 1.67. The van der Waals surface area contributed by atoms with Gasteiger partial charge in [0.05, 0.1) is 31.3 Å². The normalized spacial score (nSPS) is 35.0. The van der Waals surface area contributed by atoms with Crippen molar-refractivity contribution in [2.24, 2.45) is 17.8 Å². The van der Waals surface area contributed by atoms with Crippen molar-refractivity contribution in [3.63, 3.8) is 0 Å². The molecule has 0 radical (unpaired) electrons. The second-order valence-electron chi connectivity index (χ2n) is 10.9. The Morgan fingerprint density at radius 3 is 2.65 bits per heavy atom. The van der Waals surface area contributed by atoms with E-state index in [-0.39, 0.29) is 30.9 Å². The Hall–Kier alpha value is -2.01. The van der Waals surface area contributed by atoms with Crippen LogP contribution >= 0.6 is 0 Å². The lowest BCUT2D eigenvalue weighted by atomic mass is 9.62. The number of ether oxygens (including phenoxy) is 3. The molecule has 2 amide bonds. The van der Waals surface area contributed by atoms with E-state index in [9.17, 15) is 19.5 Å². The molecule has 4 aliphatic heterocycles. The van der Waals surface area contributed by atoms with Crippen LogP contribution in [-0.2, 0) is 28.6 Å². The van der Waals surface area contributed by atoms with Crippen LogP contribution in [0.3, 0.4) is 0 Å². The molecular formula is C27H43N3O7. The predicted octanol–water partition coefficient (Wildman–Crippen LogP) is 0.680. The number of carbonyl (C=O) groups excluding carboxylic acids is 3. The summed E-state index contributed by atoms with van der Waals surface area (Å²) in [6.07, 6.45) is 3.30. The molecule has 0 aromatic heterocycles. The number of aliphatic hydroxyl groups excluding tert-OH is 1. The summed E-state index contributed by atoms with van der Waals surface area (Å²) in [7, 11) is 0. The summed E-state index contributed by atoms with van der Waals surface area (Å²) >= 11 is 0. The maximum atomic E-state index is 14.3. The summed E-state index contributed by atoms with van der Waals surface area (Å²) in [4.78, 5) is 47.2. The molecule has 4 fully saturated rings. The van der Waals surface area contributed by atoms with Gasteiger partial charge < -0.3 is 29.1 Å². The Morgan fingerprint density at radius 2 is 2.00 bits per heavy atom. The standard InChI is InChI=1S/C27H43N3O7/c1-5-9-29(12-11-28-13-16-35-17-14-28)24(33)22-27-18-19(3)26(4,37-27)21(25(34)36-6-2)20(27)23(32)30(22)10-7-8-15-31/h5,19-22,31H,1,6-18H2,2-4H3/t19?,20-,21+,22?,26-,27?/m0/s1. The third-order valence-electron chi connectivity index (χ3n) is 8.85. The molecule has 2 bridgehead atoms. The molecule has 3 unspecified atom stereocenters. The van der Waals surface area contributed by atoms with Crippen LogP contribution in [0.1, 0.15) is 40.0 Å². The van der Waals surface area contributed by atoms with E-state index in [1.807, 2.05) is 13.8 Å². The van der Waals surface area contributed by atoms with E-state index in [1.54, 1.807) is 22.8 Å². The van der Waals surface area contributed by atoms with E-state index >= 15 is 0 Å². The number of morpholine rings is 1. The second kappa shape index (κ2) is 11.4. The third-order valence-corrected chi connectivity index (χ3v) is 8.85. The number of unbranched alkanes of at least 4 members (excludes halogenated alkanes) is 1. The van der Waals surface area contributed by atoms with E-state index in [1.165, 1.54) is 0 Å². The average molecular weight is 522 g/mol. The van der Waals surface area contributed by atoms with Gasteiger partial charge >= 0.3 is 5.97 Å². The molecule has 4 heterocycles. The molecule has 10 nitrogen and oxygen atoms in total. The Labute approximate surface area is 219 Å². The molecule has 208 valence electrons. The summed E-state index contributed by atoms with van der Waals surface area (Å²) < 4.78 is 17.6. The molecule has 1 spiro atoms. The van der Waals surface area contributed by atoms with Crippen molar-refractivity contribution in [1.29, 1.82) is 0 Å². The largest absolute Gasteiger partial charge is 0.466 e. The lowest BCUT2D eigenvalue weighted by molar-refractivity contribution is -0.162. The van der Waals surface area contributed by atoms with Crippen molar-refractivity contribution < 1.29 is 33.7 Å². The van der Waals surface area contributed by atoms with Gasteiger partial charge in [-0.15, -0.1) is 6.58 Å². The van der Waals surface area contributed by atoms with Crippen LogP contribution in [0.25, 0.3) is 0 Å². The molecule has 0 aromatic carbocycles. The highest BCUT2D eigenvalue weighted by atomic mass is 16.6. The van der Waals surface area contributed by atoms with Gasteiger partial charge in [0.15, 0.2) is 0 Å². The van der Waals surface area contributed by atoms with Crippen LogP contribution in [0.4, 0.5) is 0 Å². The van der Waals surface area contributed by atoms with E-state index < -0.39 is 35.0 Å². The fourth-order valence-corrected chi connectivity index (χ4v) is 6.95. The molecule has 6 atom stereocenters. The molecule has 1 N–H and O–H groups in total. The minimum Gasteiger partial charge on any atom is -0.466 e. The number of hydrogen-bond acceptors (Lipinski definition) is 8. The maximum absolute atomic E-state index is 14.3. The summed E-state index contributed by atoms with van der Waals surface area (Å²) in [6, 6.07) is -0.836. The highest BCUT2D eigenvalue weighted by Crippen LogP contribution is 2.65. The first-order chi connectivity index (χ1) is 17.7. The number of carbonyl (C=O) groups is 3. The fraction of sp³-hybridized carbons (Fsp3) is 0.815. The Morgan fingerprint density at radius 1 is 1.27 bits per heavy atom. The quantitative estimate of drug-likeness (QED) is 0.227. The lowest BCUT2D eigenvalue weighted by Gasteiger charge is -2.38. The number of likely N-dealkylation sites (tertiary alicyclic amines) is 1. The second-order valence-corrected chi connectivity index (χ2v) is 10.9. The minimum absolute atomic E-state index is 0.00834. The summed E-state index contributed by atoms with van der Waals surface area (Å²) in [5.74, 6) is -2.38. The first-order valence-corrected chi connectivity index (χ1v) is 13.7. The molecule has 4 rings (SSSR count). The number of nitrogens with zero attached hydrogens (tertiary/aromatic N) is 3. The molecule has 0 aliphatic carbocycles.